The minimum atomic E-state index is -1.03. The second kappa shape index (κ2) is 6.25. The van der Waals surface area contributed by atoms with Crippen LogP contribution in [0.2, 0.25) is 0 Å². The van der Waals surface area contributed by atoms with Crippen LogP contribution < -0.4 is 16.4 Å². The van der Waals surface area contributed by atoms with E-state index in [-0.39, 0.29) is 12.1 Å². The van der Waals surface area contributed by atoms with Gasteiger partial charge in [-0.15, -0.1) is 0 Å². The maximum absolute atomic E-state index is 11.8. The van der Waals surface area contributed by atoms with Gasteiger partial charge in [-0.05, 0) is 44.5 Å². The second-order valence-corrected chi connectivity index (χ2v) is 5.39. The molecule has 0 fully saturated rings. The Bertz CT molecular complexity index is 582. The van der Waals surface area contributed by atoms with Crippen LogP contribution in [0.3, 0.4) is 0 Å². The fraction of sp³-hybridized carbons (Fsp3) is 0.357. The third-order valence-electron chi connectivity index (χ3n) is 3.08. The first-order valence-corrected chi connectivity index (χ1v) is 6.32. The van der Waals surface area contributed by atoms with Crippen molar-refractivity contribution < 1.29 is 19.5 Å². The van der Waals surface area contributed by atoms with Crippen molar-refractivity contribution in [1.29, 1.82) is 0 Å². The van der Waals surface area contributed by atoms with Crippen LogP contribution in [-0.4, -0.2) is 29.6 Å². The van der Waals surface area contributed by atoms with Gasteiger partial charge in [0, 0.05) is 12.2 Å². The van der Waals surface area contributed by atoms with Gasteiger partial charge in [0.1, 0.15) is 0 Å². The van der Waals surface area contributed by atoms with Gasteiger partial charge in [-0.3, -0.25) is 4.79 Å². The summed E-state index contributed by atoms with van der Waals surface area (Å²) in [5, 5.41) is 14.0. The van der Waals surface area contributed by atoms with E-state index >= 15 is 0 Å². The van der Waals surface area contributed by atoms with Gasteiger partial charge in [0.05, 0.1) is 11.0 Å². The van der Waals surface area contributed by atoms with Crippen LogP contribution in [0.5, 0.6) is 0 Å². The number of urea groups is 1. The first-order chi connectivity index (χ1) is 9.63. The largest absolute Gasteiger partial charge is 0.478 e. The zero-order valence-electron chi connectivity index (χ0n) is 12.2. The monoisotopic (exact) mass is 293 g/mol. The Balaban J connectivity index is 2.68. The fourth-order valence-corrected chi connectivity index (χ4v) is 1.49. The molecular weight excluding hydrogens is 274 g/mol. The molecule has 7 heteroatoms. The summed E-state index contributed by atoms with van der Waals surface area (Å²) in [6.07, 6.45) is 0. The molecule has 21 heavy (non-hydrogen) atoms. The molecule has 0 radical (unpaired) electrons. The third kappa shape index (κ3) is 4.48. The maximum atomic E-state index is 11.8. The number of hydrogen-bond donors (Lipinski definition) is 4. The predicted octanol–water partition coefficient (Wildman–Crippen LogP) is 1.33. The van der Waals surface area contributed by atoms with Crippen molar-refractivity contribution in [2.75, 3.05) is 11.9 Å². The standard InChI is InChI=1S/C14H19N3O4/c1-8-6-9(11(18)19)4-5-10(8)17-13(21)16-7-14(2,3)12(15)20/h4-6H,7H2,1-3H3,(H2,15,20)(H,18,19)(H2,16,17,21). The van der Waals surface area contributed by atoms with Gasteiger partial charge in [-0.1, -0.05) is 0 Å². The van der Waals surface area contributed by atoms with Gasteiger partial charge in [-0.25, -0.2) is 9.59 Å². The molecule has 114 valence electrons. The van der Waals surface area contributed by atoms with Crippen LogP contribution in [0.4, 0.5) is 10.5 Å². The molecule has 0 aliphatic carbocycles. The second-order valence-electron chi connectivity index (χ2n) is 5.39. The first-order valence-electron chi connectivity index (χ1n) is 6.32. The van der Waals surface area contributed by atoms with Crippen molar-refractivity contribution in [3.05, 3.63) is 29.3 Å². The van der Waals surface area contributed by atoms with Crippen molar-refractivity contribution >= 4 is 23.6 Å². The highest BCUT2D eigenvalue weighted by atomic mass is 16.4. The van der Waals surface area contributed by atoms with E-state index in [0.29, 0.717) is 11.3 Å². The van der Waals surface area contributed by atoms with Gasteiger partial charge in [-0.2, -0.15) is 0 Å². The van der Waals surface area contributed by atoms with E-state index in [1.807, 2.05) is 0 Å². The first kappa shape index (κ1) is 16.5. The van der Waals surface area contributed by atoms with Crippen molar-refractivity contribution in [2.45, 2.75) is 20.8 Å². The number of nitrogens with one attached hydrogen (secondary N) is 2. The van der Waals surface area contributed by atoms with Crippen molar-refractivity contribution in [3.63, 3.8) is 0 Å². The van der Waals surface area contributed by atoms with Crippen molar-refractivity contribution in [1.82, 2.24) is 5.32 Å². The molecule has 1 rings (SSSR count). The number of hydrogen-bond acceptors (Lipinski definition) is 3. The zero-order chi connectivity index (χ0) is 16.2. The molecule has 0 saturated carbocycles. The van der Waals surface area contributed by atoms with E-state index in [2.05, 4.69) is 10.6 Å². The molecule has 1 aromatic rings. The number of carboxylic acids is 1. The average Bonchev–Trinajstić information content (AvgIpc) is 2.38. The number of nitrogens with two attached hydrogens (primary N) is 1. The summed E-state index contributed by atoms with van der Waals surface area (Å²) < 4.78 is 0. The summed E-state index contributed by atoms with van der Waals surface area (Å²) in [6.45, 7) is 5.04. The molecule has 0 aliphatic heterocycles. The lowest BCUT2D eigenvalue weighted by atomic mass is 9.93. The molecule has 5 N–H and O–H groups in total. The van der Waals surface area contributed by atoms with E-state index in [4.69, 9.17) is 10.8 Å². The normalized spacial score (nSPS) is 10.8. The summed E-state index contributed by atoms with van der Waals surface area (Å²) in [6, 6.07) is 3.89. The number of benzene rings is 1. The molecular formula is C14H19N3O4. The summed E-state index contributed by atoms with van der Waals surface area (Å²) >= 11 is 0. The number of rotatable bonds is 5. The van der Waals surface area contributed by atoms with E-state index < -0.39 is 23.3 Å². The quantitative estimate of drug-likeness (QED) is 0.654. The Morgan fingerprint density at radius 3 is 2.38 bits per heavy atom. The molecule has 1 aromatic carbocycles. The average molecular weight is 293 g/mol. The molecule has 7 nitrogen and oxygen atoms in total. The number of anilines is 1. The Hall–Kier alpha value is -2.57. The number of carbonyl (C=O) groups is 3. The lowest BCUT2D eigenvalue weighted by molar-refractivity contribution is -0.125. The smallest absolute Gasteiger partial charge is 0.335 e. The van der Waals surface area contributed by atoms with Crippen LogP contribution in [0.15, 0.2) is 18.2 Å². The molecule has 0 spiro atoms. The van der Waals surface area contributed by atoms with Gasteiger partial charge in [0.25, 0.3) is 0 Å². The molecule has 0 bridgehead atoms. The number of amides is 3. The van der Waals surface area contributed by atoms with Gasteiger partial charge in [0.2, 0.25) is 5.91 Å². The van der Waals surface area contributed by atoms with Gasteiger partial charge in [0.15, 0.2) is 0 Å². The van der Waals surface area contributed by atoms with Crippen LogP contribution in [0.25, 0.3) is 0 Å². The van der Waals surface area contributed by atoms with E-state index in [9.17, 15) is 14.4 Å². The fourth-order valence-electron chi connectivity index (χ4n) is 1.49. The number of aromatic carboxylic acids is 1. The third-order valence-corrected chi connectivity index (χ3v) is 3.08. The SMILES string of the molecule is Cc1cc(C(=O)O)ccc1NC(=O)NCC(C)(C)C(N)=O. The Morgan fingerprint density at radius 1 is 1.29 bits per heavy atom. The van der Waals surface area contributed by atoms with Crippen LogP contribution in [-0.2, 0) is 4.79 Å². The number of carboxylic acid groups (broad SMARTS) is 1. The van der Waals surface area contributed by atoms with Crippen LogP contribution in [0, 0.1) is 12.3 Å². The number of aryl methyl sites for hydroxylation is 1. The number of primary amides is 1. The molecule has 0 heterocycles. The van der Waals surface area contributed by atoms with E-state index in [1.165, 1.54) is 18.2 Å². The molecule has 0 unspecified atom stereocenters. The molecule has 0 aliphatic rings. The molecule has 0 atom stereocenters. The minimum Gasteiger partial charge on any atom is -0.478 e. The van der Waals surface area contributed by atoms with Gasteiger partial charge < -0.3 is 21.5 Å². The lowest BCUT2D eigenvalue weighted by Crippen LogP contribution is -2.43. The van der Waals surface area contributed by atoms with E-state index in [0.717, 1.165) is 0 Å². The maximum Gasteiger partial charge on any atom is 0.335 e. The zero-order valence-corrected chi connectivity index (χ0v) is 12.2. The Kier molecular flexibility index (Phi) is 4.91. The van der Waals surface area contributed by atoms with Crippen molar-refractivity contribution in [3.8, 4) is 0 Å². The lowest BCUT2D eigenvalue weighted by Gasteiger charge is -2.21. The molecule has 0 aromatic heterocycles. The van der Waals surface area contributed by atoms with Crippen LogP contribution in [0.1, 0.15) is 29.8 Å². The topological polar surface area (TPSA) is 122 Å². The highest BCUT2D eigenvalue weighted by Gasteiger charge is 2.25. The summed E-state index contributed by atoms with van der Waals surface area (Å²) in [5.41, 5.74) is 5.63. The van der Waals surface area contributed by atoms with E-state index in [1.54, 1.807) is 20.8 Å². The minimum absolute atomic E-state index is 0.0976. The highest BCUT2D eigenvalue weighted by Crippen LogP contribution is 2.17. The van der Waals surface area contributed by atoms with Crippen LogP contribution >= 0.6 is 0 Å². The Morgan fingerprint density at radius 2 is 1.90 bits per heavy atom. The number of carbonyl (C=O) groups excluding carboxylic acids is 2. The summed E-state index contributed by atoms with van der Waals surface area (Å²) in [7, 11) is 0. The molecule has 3 amide bonds. The van der Waals surface area contributed by atoms with Gasteiger partial charge >= 0.3 is 12.0 Å². The summed E-state index contributed by atoms with van der Waals surface area (Å²) in [5.74, 6) is -1.54. The molecule has 0 saturated heterocycles. The Labute approximate surface area is 122 Å². The highest BCUT2D eigenvalue weighted by molar-refractivity contribution is 5.93. The summed E-state index contributed by atoms with van der Waals surface area (Å²) in [4.78, 5) is 33.7. The predicted molar refractivity (Wildman–Crippen MR) is 78.1 cm³/mol. The van der Waals surface area contributed by atoms with Crippen molar-refractivity contribution in [2.24, 2.45) is 11.1 Å².